The Bertz CT molecular complexity index is 636. The van der Waals surface area contributed by atoms with E-state index in [0.717, 1.165) is 0 Å². The quantitative estimate of drug-likeness (QED) is 0.591. The lowest BCUT2D eigenvalue weighted by Crippen LogP contribution is -2.05. The number of alkyl halides is 4. The van der Waals surface area contributed by atoms with Crippen LogP contribution in [0.2, 0.25) is 0 Å². The summed E-state index contributed by atoms with van der Waals surface area (Å²) in [5.41, 5.74) is 13.6. The Kier molecular flexibility index (Phi) is 5.73. The van der Waals surface area contributed by atoms with Gasteiger partial charge in [-0.1, -0.05) is 0 Å². The Labute approximate surface area is 136 Å². The molecule has 0 fully saturated rings. The number of ether oxygens (including phenoxy) is 2. The third-order valence-electron chi connectivity index (χ3n) is 3.34. The molecule has 4 N–H and O–H groups in total. The van der Waals surface area contributed by atoms with E-state index in [1.54, 1.807) is 0 Å². The fourth-order valence-electron chi connectivity index (χ4n) is 2.22. The highest BCUT2D eigenvalue weighted by molar-refractivity contribution is 5.53. The molecule has 0 aliphatic heterocycles. The Hall–Kier alpha value is -2.64. The normalized spacial score (nSPS) is 11.1. The van der Waals surface area contributed by atoms with E-state index in [9.17, 15) is 17.6 Å². The van der Waals surface area contributed by atoms with Crippen LogP contribution in [0, 0.1) is 0 Å². The lowest BCUT2D eigenvalue weighted by molar-refractivity contribution is -0.0505. The van der Waals surface area contributed by atoms with E-state index in [1.807, 2.05) is 0 Å². The molecule has 0 aliphatic carbocycles. The molecule has 2 aromatic carbocycles. The second-order valence-electron chi connectivity index (χ2n) is 4.98. The zero-order chi connectivity index (χ0) is 17.7. The molecule has 0 unspecified atom stereocenters. The second-order valence-corrected chi connectivity index (χ2v) is 4.98. The fourth-order valence-corrected chi connectivity index (χ4v) is 2.22. The first-order valence-electron chi connectivity index (χ1n) is 7.01. The molecule has 0 spiro atoms. The molecule has 24 heavy (non-hydrogen) atoms. The van der Waals surface area contributed by atoms with Crippen LogP contribution in [0.15, 0.2) is 36.4 Å². The van der Waals surface area contributed by atoms with Crippen LogP contribution in [0.5, 0.6) is 11.5 Å². The van der Waals surface area contributed by atoms with E-state index in [0.29, 0.717) is 35.3 Å². The van der Waals surface area contributed by atoms with Crippen LogP contribution < -0.4 is 20.9 Å². The zero-order valence-electron chi connectivity index (χ0n) is 12.5. The van der Waals surface area contributed by atoms with Crippen LogP contribution in [0.3, 0.4) is 0 Å². The van der Waals surface area contributed by atoms with Crippen LogP contribution >= 0.6 is 0 Å². The minimum atomic E-state index is -2.93. The standard InChI is InChI=1S/C16H16F4N2O2/c17-15(18)23-11-3-5-13(21)9(7-11)1-2-10-8-12(24-16(19)20)4-6-14(10)22/h3-8,15-16H,1-2,21-22H2. The SMILES string of the molecule is Nc1ccc(OC(F)F)cc1CCc1cc(OC(F)F)ccc1N. The minimum Gasteiger partial charge on any atom is -0.435 e. The summed E-state index contributed by atoms with van der Waals surface area (Å²) < 4.78 is 57.7. The summed E-state index contributed by atoms with van der Waals surface area (Å²) in [6.07, 6.45) is 0.739. The molecule has 0 heterocycles. The van der Waals surface area contributed by atoms with Crippen molar-refractivity contribution in [1.29, 1.82) is 0 Å². The van der Waals surface area contributed by atoms with Gasteiger partial charge in [-0.2, -0.15) is 17.6 Å². The number of hydrogen-bond donors (Lipinski definition) is 2. The van der Waals surface area contributed by atoms with Gasteiger partial charge in [0.05, 0.1) is 0 Å². The van der Waals surface area contributed by atoms with E-state index >= 15 is 0 Å². The predicted octanol–water partition coefficient (Wildman–Crippen LogP) is 3.84. The summed E-state index contributed by atoms with van der Waals surface area (Å²) in [5, 5.41) is 0. The Morgan fingerprint density at radius 3 is 1.42 bits per heavy atom. The van der Waals surface area contributed by atoms with Gasteiger partial charge in [0, 0.05) is 11.4 Å². The van der Waals surface area contributed by atoms with Gasteiger partial charge in [-0.15, -0.1) is 0 Å². The topological polar surface area (TPSA) is 70.5 Å². The van der Waals surface area contributed by atoms with Crippen molar-refractivity contribution < 1.29 is 27.0 Å². The average molecular weight is 344 g/mol. The second kappa shape index (κ2) is 7.76. The van der Waals surface area contributed by atoms with Gasteiger partial charge in [-0.05, 0) is 60.4 Å². The molecule has 0 saturated heterocycles. The highest BCUT2D eigenvalue weighted by atomic mass is 19.3. The van der Waals surface area contributed by atoms with E-state index in [2.05, 4.69) is 9.47 Å². The van der Waals surface area contributed by atoms with Gasteiger partial charge in [0.25, 0.3) is 0 Å². The van der Waals surface area contributed by atoms with Crippen LogP contribution in [0.4, 0.5) is 28.9 Å². The van der Waals surface area contributed by atoms with E-state index in [4.69, 9.17) is 11.5 Å². The van der Waals surface area contributed by atoms with Crippen molar-refractivity contribution >= 4 is 11.4 Å². The smallest absolute Gasteiger partial charge is 0.387 e. The number of anilines is 2. The molecule has 0 atom stereocenters. The van der Waals surface area contributed by atoms with E-state index < -0.39 is 13.2 Å². The van der Waals surface area contributed by atoms with Crippen molar-refractivity contribution in [1.82, 2.24) is 0 Å². The molecule has 0 aromatic heterocycles. The summed E-state index contributed by atoms with van der Waals surface area (Å²) in [6.45, 7) is -5.86. The molecule has 2 rings (SSSR count). The Balaban J connectivity index is 2.12. The molecule has 0 aliphatic rings. The molecular formula is C16H16F4N2O2. The number of hydrogen-bond acceptors (Lipinski definition) is 4. The average Bonchev–Trinajstić information content (AvgIpc) is 2.49. The molecular weight excluding hydrogens is 328 g/mol. The highest BCUT2D eigenvalue weighted by Gasteiger charge is 2.10. The van der Waals surface area contributed by atoms with Gasteiger partial charge in [-0.3, -0.25) is 0 Å². The van der Waals surface area contributed by atoms with E-state index in [-0.39, 0.29) is 11.5 Å². The maximum atomic E-state index is 12.3. The van der Waals surface area contributed by atoms with Crippen LogP contribution in [0.1, 0.15) is 11.1 Å². The van der Waals surface area contributed by atoms with Gasteiger partial charge in [0.1, 0.15) is 11.5 Å². The van der Waals surface area contributed by atoms with Crippen molar-refractivity contribution in [2.45, 2.75) is 26.1 Å². The summed E-state index contributed by atoms with van der Waals surface area (Å²) in [7, 11) is 0. The molecule has 4 nitrogen and oxygen atoms in total. The first-order chi connectivity index (χ1) is 11.3. The summed E-state index contributed by atoms with van der Waals surface area (Å²) in [5.74, 6) is -0.00564. The van der Waals surface area contributed by atoms with Crippen molar-refractivity contribution in [2.75, 3.05) is 11.5 Å². The van der Waals surface area contributed by atoms with Crippen LogP contribution in [-0.2, 0) is 12.8 Å². The van der Waals surface area contributed by atoms with Gasteiger partial charge in [0.2, 0.25) is 0 Å². The molecule has 0 radical (unpaired) electrons. The summed E-state index contributed by atoms with van der Waals surface area (Å²) >= 11 is 0. The monoisotopic (exact) mass is 344 g/mol. The predicted molar refractivity (Wildman–Crippen MR) is 82.4 cm³/mol. The molecule has 0 amide bonds. The number of aryl methyl sites for hydroxylation is 2. The number of benzene rings is 2. The Morgan fingerprint density at radius 2 is 1.08 bits per heavy atom. The van der Waals surface area contributed by atoms with Gasteiger partial charge < -0.3 is 20.9 Å². The highest BCUT2D eigenvalue weighted by Crippen LogP contribution is 2.26. The van der Waals surface area contributed by atoms with Crippen LogP contribution in [0.25, 0.3) is 0 Å². The van der Waals surface area contributed by atoms with Gasteiger partial charge >= 0.3 is 13.2 Å². The third kappa shape index (κ3) is 4.94. The fraction of sp³-hybridized carbons (Fsp3) is 0.250. The van der Waals surface area contributed by atoms with Gasteiger partial charge in [-0.25, -0.2) is 0 Å². The molecule has 0 bridgehead atoms. The first kappa shape index (κ1) is 17.7. The molecule has 130 valence electrons. The lowest BCUT2D eigenvalue weighted by Gasteiger charge is -2.12. The molecule has 2 aromatic rings. The first-order valence-corrected chi connectivity index (χ1v) is 7.01. The van der Waals surface area contributed by atoms with E-state index in [1.165, 1.54) is 36.4 Å². The summed E-state index contributed by atoms with van der Waals surface area (Å²) in [4.78, 5) is 0. The number of rotatable bonds is 7. The minimum absolute atomic E-state index is 0.00282. The summed E-state index contributed by atoms with van der Waals surface area (Å²) in [6, 6.07) is 8.45. The van der Waals surface area contributed by atoms with Crippen molar-refractivity contribution in [2.24, 2.45) is 0 Å². The number of nitrogen functional groups attached to an aromatic ring is 2. The molecule has 0 saturated carbocycles. The van der Waals surface area contributed by atoms with Crippen LogP contribution in [-0.4, -0.2) is 13.2 Å². The maximum Gasteiger partial charge on any atom is 0.387 e. The molecule has 8 heteroatoms. The van der Waals surface area contributed by atoms with Crippen molar-refractivity contribution in [3.05, 3.63) is 47.5 Å². The third-order valence-corrected chi connectivity index (χ3v) is 3.34. The number of nitrogens with two attached hydrogens (primary N) is 2. The largest absolute Gasteiger partial charge is 0.435 e. The maximum absolute atomic E-state index is 12.3. The van der Waals surface area contributed by atoms with Crippen molar-refractivity contribution in [3.8, 4) is 11.5 Å². The lowest BCUT2D eigenvalue weighted by atomic mass is 10.0. The Morgan fingerprint density at radius 1 is 0.708 bits per heavy atom. The van der Waals surface area contributed by atoms with Gasteiger partial charge in [0.15, 0.2) is 0 Å². The zero-order valence-corrected chi connectivity index (χ0v) is 12.5. The number of halogens is 4. The van der Waals surface area contributed by atoms with Crippen molar-refractivity contribution in [3.63, 3.8) is 0 Å².